The summed E-state index contributed by atoms with van der Waals surface area (Å²) in [6.07, 6.45) is 0.703. The SMILES string of the molecule is COCCCn1c(SCC(=O)c2cc(C)n(C)c2C)nc2ccccc2c1=O. The fourth-order valence-corrected chi connectivity index (χ4v) is 4.08. The molecule has 0 spiro atoms. The molecule has 0 amide bonds. The highest BCUT2D eigenvalue weighted by molar-refractivity contribution is 7.99. The number of hydrogen-bond acceptors (Lipinski definition) is 5. The first kappa shape index (κ1) is 20.4. The average Bonchev–Trinajstić information content (AvgIpc) is 2.95. The van der Waals surface area contributed by atoms with Crippen molar-refractivity contribution in [3.63, 3.8) is 0 Å². The third kappa shape index (κ3) is 4.05. The number of benzene rings is 1. The molecule has 2 aromatic heterocycles. The topological polar surface area (TPSA) is 66.1 Å². The zero-order valence-corrected chi connectivity index (χ0v) is 17.5. The predicted octanol–water partition coefficient (Wildman–Crippen LogP) is 3.36. The van der Waals surface area contributed by atoms with Gasteiger partial charge in [0.15, 0.2) is 10.9 Å². The van der Waals surface area contributed by atoms with E-state index in [-0.39, 0.29) is 17.1 Å². The van der Waals surface area contributed by atoms with Crippen LogP contribution in [0.3, 0.4) is 0 Å². The largest absolute Gasteiger partial charge is 0.385 e. The number of aromatic nitrogens is 3. The third-order valence-corrected chi connectivity index (χ3v) is 5.94. The van der Waals surface area contributed by atoms with Crippen LogP contribution in [0.1, 0.15) is 28.2 Å². The number of methoxy groups -OCH3 is 1. The number of para-hydroxylation sites is 1. The lowest BCUT2D eigenvalue weighted by atomic mass is 10.2. The van der Waals surface area contributed by atoms with E-state index in [1.807, 2.05) is 49.7 Å². The number of Topliss-reactive ketones (excluding diaryl/α,β-unsaturated/α-hetero) is 1. The molecule has 3 aromatic rings. The number of ketones is 1. The van der Waals surface area contributed by atoms with Crippen LogP contribution in [-0.4, -0.2) is 39.4 Å². The number of carbonyl (C=O) groups is 1. The molecule has 0 saturated carbocycles. The second-order valence-corrected chi connectivity index (χ2v) is 7.71. The molecule has 0 unspecified atom stereocenters. The van der Waals surface area contributed by atoms with Crippen molar-refractivity contribution >= 4 is 28.4 Å². The van der Waals surface area contributed by atoms with Crippen molar-refractivity contribution in [2.75, 3.05) is 19.5 Å². The highest BCUT2D eigenvalue weighted by atomic mass is 32.2. The summed E-state index contributed by atoms with van der Waals surface area (Å²) in [5, 5.41) is 1.16. The monoisotopic (exact) mass is 399 g/mol. The summed E-state index contributed by atoms with van der Waals surface area (Å²) in [5.41, 5.74) is 3.29. The molecule has 0 aliphatic heterocycles. The quantitative estimate of drug-likeness (QED) is 0.251. The van der Waals surface area contributed by atoms with E-state index < -0.39 is 0 Å². The van der Waals surface area contributed by atoms with Crippen molar-refractivity contribution in [2.24, 2.45) is 7.05 Å². The van der Waals surface area contributed by atoms with Crippen LogP contribution in [0.2, 0.25) is 0 Å². The lowest BCUT2D eigenvalue weighted by molar-refractivity contribution is 0.102. The molecule has 0 aliphatic carbocycles. The maximum atomic E-state index is 12.9. The van der Waals surface area contributed by atoms with Crippen LogP contribution in [0.5, 0.6) is 0 Å². The van der Waals surface area contributed by atoms with Crippen molar-refractivity contribution in [1.82, 2.24) is 14.1 Å². The molecule has 0 N–H and O–H groups in total. The van der Waals surface area contributed by atoms with Gasteiger partial charge in [-0.2, -0.15) is 0 Å². The fraction of sp³-hybridized carbons (Fsp3) is 0.381. The van der Waals surface area contributed by atoms with Crippen LogP contribution in [0.25, 0.3) is 10.9 Å². The number of ether oxygens (including phenoxy) is 1. The number of rotatable bonds is 8. The molecule has 0 radical (unpaired) electrons. The lowest BCUT2D eigenvalue weighted by Crippen LogP contribution is -2.24. The van der Waals surface area contributed by atoms with Crippen molar-refractivity contribution in [1.29, 1.82) is 0 Å². The molecular weight excluding hydrogens is 374 g/mol. The normalized spacial score (nSPS) is 11.3. The molecule has 28 heavy (non-hydrogen) atoms. The van der Waals surface area contributed by atoms with Gasteiger partial charge in [-0.15, -0.1) is 0 Å². The highest BCUT2D eigenvalue weighted by Crippen LogP contribution is 2.21. The van der Waals surface area contributed by atoms with E-state index in [1.165, 1.54) is 11.8 Å². The van der Waals surface area contributed by atoms with Gasteiger partial charge in [0.1, 0.15) is 0 Å². The minimum absolute atomic E-state index is 0.0389. The Morgan fingerprint density at radius 3 is 2.68 bits per heavy atom. The molecule has 0 aliphatic rings. The Bertz CT molecular complexity index is 1070. The standard InChI is InChI=1S/C21H25N3O3S/c1-14-12-17(15(2)23(14)3)19(25)13-28-21-22-18-9-6-5-8-16(18)20(26)24(21)10-7-11-27-4/h5-6,8-9,12H,7,10-11,13H2,1-4H3. The Labute approximate surface area is 168 Å². The fourth-order valence-electron chi connectivity index (χ4n) is 3.17. The van der Waals surface area contributed by atoms with Crippen LogP contribution in [0.4, 0.5) is 0 Å². The number of thioether (sulfide) groups is 1. The van der Waals surface area contributed by atoms with E-state index in [2.05, 4.69) is 4.98 Å². The van der Waals surface area contributed by atoms with Gasteiger partial charge in [0, 0.05) is 44.3 Å². The van der Waals surface area contributed by atoms with Crippen molar-refractivity contribution in [3.8, 4) is 0 Å². The minimum atomic E-state index is -0.0802. The molecule has 0 fully saturated rings. The second-order valence-electron chi connectivity index (χ2n) is 6.77. The summed E-state index contributed by atoms with van der Waals surface area (Å²) in [6, 6.07) is 9.22. The summed E-state index contributed by atoms with van der Waals surface area (Å²) >= 11 is 1.31. The Balaban J connectivity index is 1.90. The first-order valence-corrected chi connectivity index (χ1v) is 10.2. The molecule has 7 heteroatoms. The molecule has 148 valence electrons. The predicted molar refractivity (Wildman–Crippen MR) is 112 cm³/mol. The number of nitrogens with zero attached hydrogens (tertiary/aromatic N) is 3. The van der Waals surface area contributed by atoms with Crippen LogP contribution in [-0.2, 0) is 18.3 Å². The highest BCUT2D eigenvalue weighted by Gasteiger charge is 2.17. The van der Waals surface area contributed by atoms with Gasteiger partial charge in [-0.3, -0.25) is 14.2 Å². The van der Waals surface area contributed by atoms with Crippen molar-refractivity contribution < 1.29 is 9.53 Å². The molecular formula is C21H25N3O3S. The summed E-state index contributed by atoms with van der Waals surface area (Å²) in [6.45, 7) is 4.99. The molecule has 0 atom stereocenters. The molecule has 0 bridgehead atoms. The van der Waals surface area contributed by atoms with Gasteiger partial charge in [0.05, 0.1) is 16.7 Å². The molecule has 0 saturated heterocycles. The summed E-state index contributed by atoms with van der Waals surface area (Å²) in [7, 11) is 3.59. The molecule has 3 rings (SSSR count). The summed E-state index contributed by atoms with van der Waals surface area (Å²) < 4.78 is 8.78. The number of hydrogen-bond donors (Lipinski definition) is 0. The average molecular weight is 400 g/mol. The Morgan fingerprint density at radius 2 is 2.00 bits per heavy atom. The molecule has 6 nitrogen and oxygen atoms in total. The van der Waals surface area contributed by atoms with Crippen LogP contribution in [0, 0.1) is 13.8 Å². The van der Waals surface area contributed by atoms with E-state index in [1.54, 1.807) is 17.7 Å². The van der Waals surface area contributed by atoms with E-state index in [9.17, 15) is 9.59 Å². The minimum Gasteiger partial charge on any atom is -0.385 e. The number of aryl methyl sites for hydroxylation is 1. The first-order valence-electron chi connectivity index (χ1n) is 9.21. The first-order chi connectivity index (χ1) is 13.4. The second kappa shape index (κ2) is 8.75. The lowest BCUT2D eigenvalue weighted by Gasteiger charge is -2.12. The number of fused-ring (bicyclic) bond motifs is 1. The van der Waals surface area contributed by atoms with E-state index in [0.717, 1.165) is 17.0 Å². The zero-order valence-electron chi connectivity index (χ0n) is 16.7. The molecule has 1 aromatic carbocycles. The number of carbonyl (C=O) groups excluding carboxylic acids is 1. The smallest absolute Gasteiger partial charge is 0.262 e. The van der Waals surface area contributed by atoms with E-state index in [4.69, 9.17) is 4.74 Å². The Kier molecular flexibility index (Phi) is 6.36. The van der Waals surface area contributed by atoms with Gasteiger partial charge < -0.3 is 9.30 Å². The third-order valence-electron chi connectivity index (χ3n) is 4.96. The summed E-state index contributed by atoms with van der Waals surface area (Å²) in [4.78, 5) is 30.3. The Morgan fingerprint density at radius 1 is 1.25 bits per heavy atom. The maximum absolute atomic E-state index is 12.9. The van der Waals surface area contributed by atoms with Gasteiger partial charge >= 0.3 is 0 Å². The van der Waals surface area contributed by atoms with Crippen LogP contribution < -0.4 is 5.56 Å². The van der Waals surface area contributed by atoms with Gasteiger partial charge in [0.25, 0.3) is 5.56 Å². The van der Waals surface area contributed by atoms with Gasteiger partial charge in [-0.1, -0.05) is 23.9 Å². The van der Waals surface area contributed by atoms with E-state index >= 15 is 0 Å². The van der Waals surface area contributed by atoms with Gasteiger partial charge in [-0.25, -0.2) is 4.98 Å². The summed E-state index contributed by atoms with van der Waals surface area (Å²) in [5.74, 6) is 0.274. The van der Waals surface area contributed by atoms with Crippen molar-refractivity contribution in [2.45, 2.75) is 32.0 Å². The maximum Gasteiger partial charge on any atom is 0.262 e. The zero-order chi connectivity index (χ0) is 20.3. The molecule has 2 heterocycles. The van der Waals surface area contributed by atoms with E-state index in [0.29, 0.717) is 35.6 Å². The van der Waals surface area contributed by atoms with Crippen molar-refractivity contribution in [3.05, 3.63) is 57.6 Å². The van der Waals surface area contributed by atoms with Gasteiger partial charge in [0.2, 0.25) is 0 Å². The van der Waals surface area contributed by atoms with Crippen LogP contribution >= 0.6 is 11.8 Å². The van der Waals surface area contributed by atoms with Crippen LogP contribution in [0.15, 0.2) is 40.3 Å². The Hall–Kier alpha value is -2.38. The van der Waals surface area contributed by atoms with Gasteiger partial charge in [-0.05, 0) is 38.5 Å².